The SMILES string of the molecule is CC(C)COc1ccc(C(=O)N2CCC(O)C2)cc1. The summed E-state index contributed by atoms with van der Waals surface area (Å²) in [6, 6.07) is 7.20. The lowest BCUT2D eigenvalue weighted by molar-refractivity contribution is 0.0765. The summed E-state index contributed by atoms with van der Waals surface area (Å²) in [7, 11) is 0. The van der Waals surface area contributed by atoms with Crippen molar-refractivity contribution in [1.82, 2.24) is 4.90 Å². The van der Waals surface area contributed by atoms with E-state index in [4.69, 9.17) is 4.74 Å². The molecule has 1 aliphatic heterocycles. The molecule has 0 radical (unpaired) electrons. The molecule has 4 nitrogen and oxygen atoms in total. The molecular weight excluding hydrogens is 242 g/mol. The first-order valence-corrected chi connectivity index (χ1v) is 6.76. The minimum absolute atomic E-state index is 0.0213. The molecule has 1 N–H and O–H groups in total. The van der Waals surface area contributed by atoms with Crippen LogP contribution in [0.1, 0.15) is 30.6 Å². The number of hydrogen-bond donors (Lipinski definition) is 1. The summed E-state index contributed by atoms with van der Waals surface area (Å²) in [5.74, 6) is 1.24. The highest BCUT2D eigenvalue weighted by molar-refractivity contribution is 5.94. The molecule has 1 heterocycles. The Hall–Kier alpha value is -1.55. The van der Waals surface area contributed by atoms with Crippen LogP contribution in [0.2, 0.25) is 0 Å². The van der Waals surface area contributed by atoms with Gasteiger partial charge in [-0.1, -0.05) is 13.8 Å². The van der Waals surface area contributed by atoms with Crippen molar-refractivity contribution in [3.05, 3.63) is 29.8 Å². The topological polar surface area (TPSA) is 49.8 Å². The van der Waals surface area contributed by atoms with Crippen molar-refractivity contribution in [2.75, 3.05) is 19.7 Å². The zero-order valence-corrected chi connectivity index (χ0v) is 11.5. The summed E-state index contributed by atoms with van der Waals surface area (Å²) in [5, 5.41) is 9.45. The highest BCUT2D eigenvalue weighted by Crippen LogP contribution is 2.17. The quantitative estimate of drug-likeness (QED) is 0.903. The maximum Gasteiger partial charge on any atom is 0.253 e. The van der Waals surface area contributed by atoms with Gasteiger partial charge in [-0.25, -0.2) is 0 Å². The molecule has 1 fully saturated rings. The van der Waals surface area contributed by atoms with Crippen molar-refractivity contribution in [3.63, 3.8) is 0 Å². The third-order valence-electron chi connectivity index (χ3n) is 3.14. The summed E-state index contributed by atoms with van der Waals surface area (Å²) < 4.78 is 5.58. The number of likely N-dealkylation sites (tertiary alicyclic amines) is 1. The van der Waals surface area contributed by atoms with Crippen LogP contribution in [0, 0.1) is 5.92 Å². The van der Waals surface area contributed by atoms with Crippen LogP contribution in [0.4, 0.5) is 0 Å². The number of aliphatic hydroxyl groups excluding tert-OH is 1. The van der Waals surface area contributed by atoms with Gasteiger partial charge in [0.25, 0.3) is 5.91 Å². The zero-order valence-electron chi connectivity index (χ0n) is 11.5. The van der Waals surface area contributed by atoms with E-state index >= 15 is 0 Å². The normalized spacial score (nSPS) is 18.9. The van der Waals surface area contributed by atoms with Gasteiger partial charge in [-0.2, -0.15) is 0 Å². The van der Waals surface area contributed by atoms with Gasteiger partial charge in [0.1, 0.15) is 5.75 Å². The Balaban J connectivity index is 1.96. The minimum atomic E-state index is -0.377. The molecule has 0 bridgehead atoms. The lowest BCUT2D eigenvalue weighted by Crippen LogP contribution is -2.29. The maximum atomic E-state index is 12.1. The van der Waals surface area contributed by atoms with Crippen molar-refractivity contribution in [1.29, 1.82) is 0 Å². The molecule has 1 unspecified atom stereocenters. The fraction of sp³-hybridized carbons (Fsp3) is 0.533. The third kappa shape index (κ3) is 3.70. The first-order valence-electron chi connectivity index (χ1n) is 6.76. The molecule has 1 atom stereocenters. The van der Waals surface area contributed by atoms with Crippen molar-refractivity contribution in [3.8, 4) is 5.75 Å². The summed E-state index contributed by atoms with van der Waals surface area (Å²) in [6.07, 6.45) is 0.291. The second kappa shape index (κ2) is 6.06. The predicted octanol–water partition coefficient (Wildman–Crippen LogP) is 1.93. The number of carbonyl (C=O) groups is 1. The lowest BCUT2D eigenvalue weighted by atomic mass is 10.2. The molecule has 1 amide bonds. The van der Waals surface area contributed by atoms with Crippen molar-refractivity contribution in [2.24, 2.45) is 5.92 Å². The third-order valence-corrected chi connectivity index (χ3v) is 3.14. The number of aliphatic hydroxyl groups is 1. The molecule has 1 aromatic carbocycles. The van der Waals surface area contributed by atoms with Gasteiger partial charge < -0.3 is 14.7 Å². The summed E-state index contributed by atoms with van der Waals surface area (Å²) in [5.41, 5.74) is 0.644. The van der Waals surface area contributed by atoms with Gasteiger partial charge in [0.05, 0.1) is 12.7 Å². The molecule has 2 rings (SSSR count). The second-order valence-corrected chi connectivity index (χ2v) is 5.42. The Kier molecular flexibility index (Phi) is 4.43. The molecule has 0 aromatic heterocycles. The Labute approximate surface area is 114 Å². The smallest absolute Gasteiger partial charge is 0.253 e. The minimum Gasteiger partial charge on any atom is -0.493 e. The number of rotatable bonds is 4. The molecule has 1 aromatic rings. The molecule has 0 saturated carbocycles. The van der Waals surface area contributed by atoms with Gasteiger partial charge in [-0.15, -0.1) is 0 Å². The average Bonchev–Trinajstić information content (AvgIpc) is 2.83. The lowest BCUT2D eigenvalue weighted by Gasteiger charge is -2.16. The van der Waals surface area contributed by atoms with E-state index in [1.807, 2.05) is 12.1 Å². The van der Waals surface area contributed by atoms with Crippen LogP contribution in [0.3, 0.4) is 0 Å². The Bertz CT molecular complexity index is 428. The van der Waals surface area contributed by atoms with E-state index in [2.05, 4.69) is 13.8 Å². The first kappa shape index (κ1) is 13.9. The number of benzene rings is 1. The van der Waals surface area contributed by atoms with E-state index in [0.29, 0.717) is 37.6 Å². The number of β-amino-alcohol motifs (C(OH)–C–C–N with tert-alkyl or cyclic N) is 1. The van der Waals surface area contributed by atoms with Crippen LogP contribution in [-0.4, -0.2) is 41.7 Å². The molecular formula is C15H21NO3. The van der Waals surface area contributed by atoms with Gasteiger partial charge in [-0.3, -0.25) is 4.79 Å². The van der Waals surface area contributed by atoms with Crippen molar-refractivity contribution >= 4 is 5.91 Å². The highest BCUT2D eigenvalue weighted by Gasteiger charge is 2.25. The van der Waals surface area contributed by atoms with Crippen LogP contribution < -0.4 is 4.74 Å². The number of nitrogens with zero attached hydrogens (tertiary/aromatic N) is 1. The summed E-state index contributed by atoms with van der Waals surface area (Å²) >= 11 is 0. The fourth-order valence-corrected chi connectivity index (χ4v) is 2.07. The van der Waals surface area contributed by atoms with Gasteiger partial charge in [-0.05, 0) is 36.6 Å². The van der Waals surface area contributed by atoms with Gasteiger partial charge in [0.2, 0.25) is 0 Å². The van der Waals surface area contributed by atoms with E-state index in [1.54, 1.807) is 17.0 Å². The zero-order chi connectivity index (χ0) is 13.8. The van der Waals surface area contributed by atoms with Gasteiger partial charge in [0.15, 0.2) is 0 Å². The van der Waals surface area contributed by atoms with Crippen molar-refractivity contribution < 1.29 is 14.6 Å². The van der Waals surface area contributed by atoms with Crippen LogP contribution in [0.25, 0.3) is 0 Å². The van der Waals surface area contributed by atoms with Crippen LogP contribution in [-0.2, 0) is 0 Å². The fourth-order valence-electron chi connectivity index (χ4n) is 2.07. The van der Waals surface area contributed by atoms with E-state index in [9.17, 15) is 9.90 Å². The molecule has 0 aliphatic carbocycles. The standard InChI is InChI=1S/C15H21NO3/c1-11(2)10-19-14-5-3-12(4-6-14)15(18)16-8-7-13(17)9-16/h3-6,11,13,17H,7-10H2,1-2H3. The average molecular weight is 263 g/mol. The van der Waals surface area contributed by atoms with Crippen molar-refractivity contribution in [2.45, 2.75) is 26.4 Å². The molecule has 1 saturated heterocycles. The van der Waals surface area contributed by atoms with E-state index in [0.717, 1.165) is 5.75 Å². The number of hydrogen-bond acceptors (Lipinski definition) is 3. The first-order chi connectivity index (χ1) is 9.06. The second-order valence-electron chi connectivity index (χ2n) is 5.42. The van der Waals surface area contributed by atoms with E-state index < -0.39 is 0 Å². The Morgan fingerprint density at radius 1 is 1.42 bits per heavy atom. The van der Waals surface area contributed by atoms with Crippen LogP contribution in [0.15, 0.2) is 24.3 Å². The molecule has 0 spiro atoms. The summed E-state index contributed by atoms with van der Waals surface area (Å²) in [6.45, 7) is 5.93. The molecule has 19 heavy (non-hydrogen) atoms. The largest absolute Gasteiger partial charge is 0.493 e. The van der Waals surface area contributed by atoms with Crippen LogP contribution >= 0.6 is 0 Å². The van der Waals surface area contributed by atoms with Gasteiger partial charge >= 0.3 is 0 Å². The summed E-state index contributed by atoms with van der Waals surface area (Å²) in [4.78, 5) is 13.8. The number of ether oxygens (including phenoxy) is 1. The molecule has 1 aliphatic rings. The van der Waals surface area contributed by atoms with E-state index in [-0.39, 0.29) is 12.0 Å². The highest BCUT2D eigenvalue weighted by atomic mass is 16.5. The monoisotopic (exact) mass is 263 g/mol. The van der Waals surface area contributed by atoms with E-state index in [1.165, 1.54) is 0 Å². The van der Waals surface area contributed by atoms with Crippen LogP contribution in [0.5, 0.6) is 5.75 Å². The predicted molar refractivity (Wildman–Crippen MR) is 73.3 cm³/mol. The Morgan fingerprint density at radius 3 is 2.63 bits per heavy atom. The number of amides is 1. The number of carbonyl (C=O) groups excluding carboxylic acids is 1. The van der Waals surface area contributed by atoms with Gasteiger partial charge in [0, 0.05) is 18.7 Å². The molecule has 104 valence electrons. The molecule has 4 heteroatoms. The Morgan fingerprint density at radius 2 is 2.11 bits per heavy atom. The maximum absolute atomic E-state index is 12.1.